The van der Waals surface area contributed by atoms with E-state index < -0.39 is 0 Å². The predicted octanol–water partition coefficient (Wildman–Crippen LogP) is 1.28. The summed E-state index contributed by atoms with van der Waals surface area (Å²) in [5, 5.41) is 8.06. The first-order valence-corrected chi connectivity index (χ1v) is 6.41. The Balaban J connectivity index is 1.87. The number of likely N-dealkylation sites (tertiary alicyclic amines) is 1. The SMILES string of the molecule is CN1CCCC(Nc2cc(Cl)nc3ncnn23)C1. The molecule has 0 aromatic carbocycles. The van der Waals surface area contributed by atoms with Crippen molar-refractivity contribution >= 4 is 23.2 Å². The molecular formula is C11H15ClN6. The van der Waals surface area contributed by atoms with Crippen LogP contribution in [0.3, 0.4) is 0 Å². The minimum absolute atomic E-state index is 0.412. The summed E-state index contributed by atoms with van der Waals surface area (Å²) in [6.07, 6.45) is 3.84. The van der Waals surface area contributed by atoms with E-state index in [1.54, 1.807) is 10.6 Å². The minimum Gasteiger partial charge on any atom is -0.366 e. The van der Waals surface area contributed by atoms with Gasteiger partial charge in [-0.05, 0) is 26.4 Å². The number of aromatic nitrogens is 4. The first-order valence-electron chi connectivity index (χ1n) is 6.04. The van der Waals surface area contributed by atoms with Gasteiger partial charge in [0.15, 0.2) is 0 Å². The summed E-state index contributed by atoms with van der Waals surface area (Å²) in [5.74, 6) is 1.37. The van der Waals surface area contributed by atoms with Crippen LogP contribution in [0.1, 0.15) is 12.8 Å². The molecule has 1 atom stereocenters. The van der Waals surface area contributed by atoms with Gasteiger partial charge < -0.3 is 10.2 Å². The Morgan fingerprint density at radius 1 is 1.50 bits per heavy atom. The summed E-state index contributed by atoms with van der Waals surface area (Å²) < 4.78 is 1.68. The van der Waals surface area contributed by atoms with E-state index in [1.807, 2.05) is 0 Å². The lowest BCUT2D eigenvalue weighted by atomic mass is 10.1. The van der Waals surface area contributed by atoms with Crippen LogP contribution in [0, 0.1) is 0 Å². The zero-order valence-corrected chi connectivity index (χ0v) is 10.9. The summed E-state index contributed by atoms with van der Waals surface area (Å²) in [4.78, 5) is 10.5. The molecule has 0 amide bonds. The molecule has 7 heteroatoms. The molecule has 0 radical (unpaired) electrons. The van der Waals surface area contributed by atoms with Crippen LogP contribution in [0.4, 0.5) is 5.82 Å². The molecule has 0 aliphatic carbocycles. The Labute approximate surface area is 110 Å². The number of hydrogen-bond donors (Lipinski definition) is 1. The van der Waals surface area contributed by atoms with Crippen LogP contribution < -0.4 is 5.32 Å². The van der Waals surface area contributed by atoms with Crippen LogP contribution in [0.25, 0.3) is 5.78 Å². The average Bonchev–Trinajstić information content (AvgIpc) is 2.77. The van der Waals surface area contributed by atoms with Crippen LogP contribution in [-0.4, -0.2) is 50.7 Å². The molecule has 0 spiro atoms. The highest BCUT2D eigenvalue weighted by Crippen LogP contribution is 2.18. The Hall–Kier alpha value is -1.40. The second-order valence-electron chi connectivity index (χ2n) is 4.68. The molecular weight excluding hydrogens is 252 g/mol. The van der Waals surface area contributed by atoms with E-state index in [1.165, 1.54) is 12.7 Å². The van der Waals surface area contributed by atoms with E-state index in [0.717, 1.165) is 25.3 Å². The van der Waals surface area contributed by atoms with Gasteiger partial charge in [0.25, 0.3) is 5.78 Å². The number of hydrogen-bond acceptors (Lipinski definition) is 5. The Bertz CT molecular complexity index is 553. The molecule has 1 aliphatic rings. The first kappa shape index (κ1) is 11.7. The zero-order chi connectivity index (χ0) is 12.5. The molecule has 1 fully saturated rings. The highest BCUT2D eigenvalue weighted by Gasteiger charge is 2.18. The van der Waals surface area contributed by atoms with E-state index >= 15 is 0 Å². The second kappa shape index (κ2) is 4.70. The summed E-state index contributed by atoms with van der Waals surface area (Å²) in [7, 11) is 2.14. The number of halogens is 1. The van der Waals surface area contributed by atoms with Crippen molar-refractivity contribution in [2.24, 2.45) is 0 Å². The molecule has 3 heterocycles. The van der Waals surface area contributed by atoms with Gasteiger partial charge in [0.1, 0.15) is 17.3 Å². The monoisotopic (exact) mass is 266 g/mol. The smallest absolute Gasteiger partial charge is 0.255 e. The fourth-order valence-electron chi connectivity index (χ4n) is 2.38. The number of piperidine rings is 1. The molecule has 0 saturated carbocycles. The van der Waals surface area contributed by atoms with Crippen molar-refractivity contribution in [1.29, 1.82) is 0 Å². The van der Waals surface area contributed by atoms with Crippen molar-refractivity contribution < 1.29 is 0 Å². The van der Waals surface area contributed by atoms with Gasteiger partial charge in [-0.1, -0.05) is 11.6 Å². The summed E-state index contributed by atoms with van der Waals surface area (Å²) in [5.41, 5.74) is 0. The maximum Gasteiger partial charge on any atom is 0.255 e. The highest BCUT2D eigenvalue weighted by molar-refractivity contribution is 6.29. The second-order valence-corrected chi connectivity index (χ2v) is 5.07. The Morgan fingerprint density at radius 3 is 3.22 bits per heavy atom. The van der Waals surface area contributed by atoms with Crippen LogP contribution in [0.15, 0.2) is 12.4 Å². The summed E-state index contributed by atoms with van der Waals surface area (Å²) in [6, 6.07) is 2.20. The van der Waals surface area contributed by atoms with Gasteiger partial charge in [-0.3, -0.25) is 0 Å². The third-order valence-electron chi connectivity index (χ3n) is 3.20. The van der Waals surface area contributed by atoms with E-state index in [2.05, 4.69) is 32.3 Å². The number of fused-ring (bicyclic) bond motifs is 1. The molecule has 96 valence electrons. The third-order valence-corrected chi connectivity index (χ3v) is 3.39. The molecule has 0 bridgehead atoms. The fourth-order valence-corrected chi connectivity index (χ4v) is 2.56. The molecule has 6 nitrogen and oxygen atoms in total. The van der Waals surface area contributed by atoms with E-state index in [-0.39, 0.29) is 0 Å². The van der Waals surface area contributed by atoms with Gasteiger partial charge >= 0.3 is 0 Å². The van der Waals surface area contributed by atoms with Crippen LogP contribution in [0.5, 0.6) is 0 Å². The van der Waals surface area contributed by atoms with E-state index in [0.29, 0.717) is 17.0 Å². The molecule has 1 N–H and O–H groups in total. The number of nitrogens with zero attached hydrogens (tertiary/aromatic N) is 5. The maximum absolute atomic E-state index is 5.98. The molecule has 3 rings (SSSR count). The Morgan fingerprint density at radius 2 is 2.39 bits per heavy atom. The number of nitrogens with one attached hydrogen (secondary N) is 1. The van der Waals surface area contributed by atoms with Gasteiger partial charge in [-0.25, -0.2) is 0 Å². The van der Waals surface area contributed by atoms with Gasteiger partial charge in [-0.15, -0.1) is 0 Å². The molecule has 1 aliphatic heterocycles. The third kappa shape index (κ3) is 2.26. The van der Waals surface area contributed by atoms with Gasteiger partial charge in [0.05, 0.1) is 0 Å². The molecule has 1 unspecified atom stereocenters. The van der Waals surface area contributed by atoms with E-state index in [4.69, 9.17) is 11.6 Å². The number of likely N-dealkylation sites (N-methyl/N-ethyl adjacent to an activating group) is 1. The molecule has 1 saturated heterocycles. The number of anilines is 1. The number of rotatable bonds is 2. The van der Waals surface area contributed by atoms with Crippen molar-refractivity contribution in [2.75, 3.05) is 25.5 Å². The van der Waals surface area contributed by atoms with Crippen LogP contribution >= 0.6 is 11.6 Å². The van der Waals surface area contributed by atoms with Crippen molar-refractivity contribution in [3.8, 4) is 0 Å². The topological polar surface area (TPSA) is 58.3 Å². The standard InChI is InChI=1S/C11H15ClN6/c1-17-4-2-3-8(6-17)15-10-5-9(12)16-11-13-7-14-18(10)11/h5,7-8,15H,2-4,6H2,1H3. The Kier molecular flexibility index (Phi) is 3.05. The van der Waals surface area contributed by atoms with Crippen molar-refractivity contribution in [3.63, 3.8) is 0 Å². The van der Waals surface area contributed by atoms with Crippen molar-refractivity contribution in [1.82, 2.24) is 24.5 Å². The van der Waals surface area contributed by atoms with Crippen molar-refractivity contribution in [3.05, 3.63) is 17.5 Å². The van der Waals surface area contributed by atoms with Gasteiger partial charge in [0.2, 0.25) is 0 Å². The van der Waals surface area contributed by atoms with Crippen LogP contribution in [0.2, 0.25) is 5.15 Å². The highest BCUT2D eigenvalue weighted by atomic mass is 35.5. The largest absolute Gasteiger partial charge is 0.366 e. The summed E-state index contributed by atoms with van der Waals surface area (Å²) >= 11 is 5.98. The van der Waals surface area contributed by atoms with Crippen molar-refractivity contribution in [2.45, 2.75) is 18.9 Å². The first-order chi connectivity index (χ1) is 8.72. The molecule has 18 heavy (non-hydrogen) atoms. The lowest BCUT2D eigenvalue weighted by molar-refractivity contribution is 0.260. The predicted molar refractivity (Wildman–Crippen MR) is 69.9 cm³/mol. The lowest BCUT2D eigenvalue weighted by Crippen LogP contribution is -2.40. The van der Waals surface area contributed by atoms with Gasteiger partial charge in [0, 0.05) is 18.7 Å². The lowest BCUT2D eigenvalue weighted by Gasteiger charge is -2.30. The zero-order valence-electron chi connectivity index (χ0n) is 10.2. The fraction of sp³-hybridized carbons (Fsp3) is 0.545. The van der Waals surface area contributed by atoms with E-state index in [9.17, 15) is 0 Å². The minimum atomic E-state index is 0.412. The average molecular weight is 267 g/mol. The summed E-state index contributed by atoms with van der Waals surface area (Å²) in [6.45, 7) is 2.18. The van der Waals surface area contributed by atoms with Gasteiger partial charge in [-0.2, -0.15) is 19.6 Å². The molecule has 2 aromatic rings. The quantitative estimate of drug-likeness (QED) is 0.830. The van der Waals surface area contributed by atoms with Crippen LogP contribution in [-0.2, 0) is 0 Å². The maximum atomic E-state index is 5.98. The normalized spacial score (nSPS) is 21.3. The molecule has 2 aromatic heterocycles.